The van der Waals surface area contributed by atoms with Gasteiger partial charge in [-0.15, -0.1) is 0 Å². The van der Waals surface area contributed by atoms with Gasteiger partial charge in [-0.1, -0.05) is 19.8 Å². The first-order chi connectivity index (χ1) is 9.52. The molecule has 20 heavy (non-hydrogen) atoms. The average Bonchev–Trinajstić information content (AvgIpc) is 2.81. The normalized spacial score (nSPS) is 21.2. The van der Waals surface area contributed by atoms with Gasteiger partial charge >= 0.3 is 0 Å². The number of aliphatic hydroxyl groups is 1. The van der Waals surface area contributed by atoms with E-state index in [1.165, 1.54) is 0 Å². The number of aromatic amines is 1. The van der Waals surface area contributed by atoms with Crippen molar-refractivity contribution in [1.29, 1.82) is 0 Å². The molecule has 1 fully saturated rings. The van der Waals surface area contributed by atoms with Crippen molar-refractivity contribution >= 4 is 10.0 Å². The van der Waals surface area contributed by atoms with Gasteiger partial charge in [0.2, 0.25) is 0 Å². The summed E-state index contributed by atoms with van der Waals surface area (Å²) >= 11 is 0. The van der Waals surface area contributed by atoms with Crippen molar-refractivity contribution in [3.63, 3.8) is 0 Å². The summed E-state index contributed by atoms with van der Waals surface area (Å²) in [5.74, 6) is 0. The van der Waals surface area contributed by atoms with Crippen molar-refractivity contribution < 1.29 is 13.5 Å². The average molecular weight is 301 g/mol. The second kappa shape index (κ2) is 6.24. The van der Waals surface area contributed by atoms with Crippen molar-refractivity contribution in [2.75, 3.05) is 6.54 Å². The zero-order chi connectivity index (χ0) is 14.8. The summed E-state index contributed by atoms with van der Waals surface area (Å²) in [6.45, 7) is 4.02. The van der Waals surface area contributed by atoms with E-state index in [9.17, 15) is 13.5 Å². The maximum absolute atomic E-state index is 12.8. The first-order valence-electron chi connectivity index (χ1n) is 7.19. The number of rotatable bonds is 5. The Morgan fingerprint density at radius 2 is 2.20 bits per heavy atom. The number of nitrogens with one attached hydrogen (secondary N) is 1. The maximum atomic E-state index is 12.8. The Kier molecular flexibility index (Phi) is 4.82. The van der Waals surface area contributed by atoms with Gasteiger partial charge in [-0.25, -0.2) is 8.42 Å². The lowest BCUT2D eigenvalue weighted by Gasteiger charge is -2.34. The van der Waals surface area contributed by atoms with Crippen molar-refractivity contribution in [1.82, 2.24) is 14.5 Å². The molecule has 1 aliphatic heterocycles. The zero-order valence-electron chi connectivity index (χ0n) is 12.1. The highest BCUT2D eigenvalue weighted by molar-refractivity contribution is 7.89. The summed E-state index contributed by atoms with van der Waals surface area (Å²) in [7, 11) is -3.62. The molecule has 0 aromatic carbocycles. The van der Waals surface area contributed by atoms with Crippen molar-refractivity contribution in [2.45, 2.75) is 63.6 Å². The first-order valence-corrected chi connectivity index (χ1v) is 8.63. The Balaban J connectivity index is 2.37. The summed E-state index contributed by atoms with van der Waals surface area (Å²) in [6, 6.07) is 0.0577. The molecule has 0 aliphatic carbocycles. The Bertz CT molecular complexity index is 551. The second-order valence-corrected chi connectivity index (χ2v) is 7.15. The molecule has 6 nitrogen and oxygen atoms in total. The summed E-state index contributed by atoms with van der Waals surface area (Å²) in [6.07, 6.45) is 4.70. The third-order valence-corrected chi connectivity index (χ3v) is 5.87. The summed E-state index contributed by atoms with van der Waals surface area (Å²) in [5, 5.41) is 15.9. The van der Waals surface area contributed by atoms with E-state index in [0.29, 0.717) is 17.8 Å². The molecule has 7 heteroatoms. The standard InChI is InChI=1S/C13H23N3O3S/c1-3-6-11-7-4-5-8-16(11)20(18,19)13-12(9-17)10(2)14-15-13/h11,17H,3-9H2,1-2H3,(H,14,15). The van der Waals surface area contributed by atoms with Gasteiger partial charge in [0.15, 0.2) is 5.03 Å². The van der Waals surface area contributed by atoms with E-state index in [1.807, 2.05) is 0 Å². The molecule has 0 saturated carbocycles. The van der Waals surface area contributed by atoms with Crippen LogP contribution in [0, 0.1) is 6.92 Å². The fraction of sp³-hybridized carbons (Fsp3) is 0.769. The van der Waals surface area contributed by atoms with Gasteiger partial charge in [0.25, 0.3) is 10.0 Å². The van der Waals surface area contributed by atoms with Crippen LogP contribution in [-0.4, -0.2) is 40.6 Å². The van der Waals surface area contributed by atoms with Crippen molar-refractivity contribution in [2.24, 2.45) is 0 Å². The Hall–Kier alpha value is -0.920. The van der Waals surface area contributed by atoms with E-state index < -0.39 is 10.0 Å². The minimum absolute atomic E-state index is 0.0134. The number of aromatic nitrogens is 2. The molecule has 0 spiro atoms. The fourth-order valence-electron chi connectivity index (χ4n) is 2.85. The highest BCUT2D eigenvalue weighted by atomic mass is 32.2. The van der Waals surface area contributed by atoms with Crippen LogP contribution in [0.15, 0.2) is 5.03 Å². The third kappa shape index (κ3) is 2.75. The third-order valence-electron chi connectivity index (χ3n) is 3.94. The lowest BCUT2D eigenvalue weighted by Crippen LogP contribution is -2.43. The lowest BCUT2D eigenvalue weighted by atomic mass is 10.0. The van der Waals surface area contributed by atoms with Crippen LogP contribution in [0.3, 0.4) is 0 Å². The van der Waals surface area contributed by atoms with E-state index in [0.717, 1.165) is 32.1 Å². The van der Waals surface area contributed by atoms with Gasteiger partial charge in [0.1, 0.15) is 0 Å². The van der Waals surface area contributed by atoms with Gasteiger partial charge in [-0.2, -0.15) is 9.40 Å². The van der Waals surface area contributed by atoms with E-state index >= 15 is 0 Å². The van der Waals surface area contributed by atoms with Crippen LogP contribution in [0.1, 0.15) is 50.3 Å². The number of hydrogen-bond donors (Lipinski definition) is 2. The summed E-state index contributed by atoms with van der Waals surface area (Å²) in [4.78, 5) is 0. The number of H-pyrrole nitrogens is 1. The lowest BCUT2D eigenvalue weighted by molar-refractivity contribution is 0.237. The molecule has 1 unspecified atom stereocenters. The monoisotopic (exact) mass is 301 g/mol. The number of aryl methyl sites for hydroxylation is 1. The SMILES string of the molecule is CCCC1CCCCN1S(=O)(=O)c1n[nH]c(C)c1CO. The number of aliphatic hydroxyl groups excluding tert-OH is 1. The molecule has 1 aliphatic rings. The molecule has 1 aromatic rings. The van der Waals surface area contributed by atoms with Crippen LogP contribution in [0.4, 0.5) is 0 Å². The predicted molar refractivity (Wildman–Crippen MR) is 75.7 cm³/mol. The molecule has 2 heterocycles. The van der Waals surface area contributed by atoms with Crippen molar-refractivity contribution in [3.05, 3.63) is 11.3 Å². The predicted octanol–water partition coefficient (Wildman–Crippen LogP) is 1.55. The van der Waals surface area contributed by atoms with Gasteiger partial charge in [0.05, 0.1) is 6.61 Å². The molecule has 0 amide bonds. The fourth-order valence-corrected chi connectivity index (χ4v) is 4.74. The molecule has 2 rings (SSSR count). The molecule has 0 bridgehead atoms. The number of sulfonamides is 1. The van der Waals surface area contributed by atoms with E-state index in [2.05, 4.69) is 17.1 Å². The van der Waals surface area contributed by atoms with Gasteiger partial charge in [0, 0.05) is 23.8 Å². The largest absolute Gasteiger partial charge is 0.392 e. The van der Waals surface area contributed by atoms with Crippen LogP contribution < -0.4 is 0 Å². The topological polar surface area (TPSA) is 86.3 Å². The number of piperidine rings is 1. The van der Waals surface area contributed by atoms with E-state index in [-0.39, 0.29) is 17.7 Å². The summed E-state index contributed by atoms with van der Waals surface area (Å²) < 4.78 is 27.2. The molecular weight excluding hydrogens is 278 g/mol. The molecular formula is C13H23N3O3S. The molecule has 1 aromatic heterocycles. The first kappa shape index (κ1) is 15.5. The second-order valence-electron chi connectivity index (χ2n) is 5.34. The minimum Gasteiger partial charge on any atom is -0.392 e. The molecule has 2 N–H and O–H groups in total. The zero-order valence-corrected chi connectivity index (χ0v) is 12.9. The van der Waals surface area contributed by atoms with Crippen LogP contribution in [-0.2, 0) is 16.6 Å². The molecule has 1 atom stereocenters. The van der Waals surface area contributed by atoms with Crippen molar-refractivity contribution in [3.8, 4) is 0 Å². The van der Waals surface area contributed by atoms with Gasteiger partial charge < -0.3 is 5.11 Å². The Morgan fingerprint density at radius 1 is 1.45 bits per heavy atom. The Labute approximate surface area is 120 Å². The quantitative estimate of drug-likeness (QED) is 0.864. The van der Waals surface area contributed by atoms with Crippen LogP contribution in [0.2, 0.25) is 0 Å². The number of nitrogens with zero attached hydrogens (tertiary/aromatic N) is 2. The highest BCUT2D eigenvalue weighted by Crippen LogP contribution is 2.29. The maximum Gasteiger partial charge on any atom is 0.263 e. The number of hydrogen-bond acceptors (Lipinski definition) is 4. The molecule has 0 radical (unpaired) electrons. The van der Waals surface area contributed by atoms with Crippen LogP contribution in [0.5, 0.6) is 0 Å². The van der Waals surface area contributed by atoms with Crippen LogP contribution >= 0.6 is 0 Å². The Morgan fingerprint density at radius 3 is 2.85 bits per heavy atom. The van der Waals surface area contributed by atoms with E-state index in [4.69, 9.17) is 0 Å². The minimum atomic E-state index is -3.62. The molecule has 114 valence electrons. The van der Waals surface area contributed by atoms with Crippen LogP contribution in [0.25, 0.3) is 0 Å². The smallest absolute Gasteiger partial charge is 0.263 e. The van der Waals surface area contributed by atoms with Gasteiger partial charge in [-0.05, 0) is 26.2 Å². The highest BCUT2D eigenvalue weighted by Gasteiger charge is 2.36. The van der Waals surface area contributed by atoms with Gasteiger partial charge in [-0.3, -0.25) is 5.10 Å². The summed E-state index contributed by atoms with van der Waals surface area (Å²) in [5.41, 5.74) is 0.987. The van der Waals surface area contributed by atoms with E-state index in [1.54, 1.807) is 11.2 Å². The molecule has 1 saturated heterocycles.